The highest BCUT2D eigenvalue weighted by Crippen LogP contribution is 2.32. The third-order valence-electron chi connectivity index (χ3n) is 5.30. The number of nitrogens with one attached hydrogen (secondary N) is 1. The minimum Gasteiger partial charge on any atom is -0.497 e. The van der Waals surface area contributed by atoms with Crippen LogP contribution in [0.5, 0.6) is 17.2 Å². The van der Waals surface area contributed by atoms with Gasteiger partial charge in [0.2, 0.25) is 11.8 Å². The topological polar surface area (TPSA) is 102 Å². The molecular formula is C25H24N4O5. The summed E-state index contributed by atoms with van der Waals surface area (Å²) < 4.78 is 15.7. The van der Waals surface area contributed by atoms with Crippen molar-refractivity contribution in [2.24, 2.45) is 4.99 Å². The third kappa shape index (κ3) is 4.83. The Morgan fingerprint density at radius 2 is 1.74 bits per heavy atom. The van der Waals surface area contributed by atoms with E-state index < -0.39 is 5.91 Å². The zero-order valence-electron chi connectivity index (χ0n) is 19.1. The SMILES string of the molecule is COc1ccc(C2=Nc3cccnc3N(CC(=O)Nc3ccc(OC)cc3OC)C(=O)C2)cc1. The number of benzene rings is 2. The van der Waals surface area contributed by atoms with Gasteiger partial charge in [-0.3, -0.25) is 14.5 Å². The zero-order valence-corrected chi connectivity index (χ0v) is 19.1. The lowest BCUT2D eigenvalue weighted by Crippen LogP contribution is -2.39. The molecule has 0 saturated carbocycles. The molecule has 174 valence electrons. The number of carbonyl (C=O) groups excluding carboxylic acids is 2. The van der Waals surface area contributed by atoms with Gasteiger partial charge in [-0.15, -0.1) is 0 Å². The van der Waals surface area contributed by atoms with Crippen LogP contribution in [0.3, 0.4) is 0 Å². The van der Waals surface area contributed by atoms with Gasteiger partial charge < -0.3 is 19.5 Å². The average Bonchev–Trinajstić information content (AvgIpc) is 3.00. The summed E-state index contributed by atoms with van der Waals surface area (Å²) >= 11 is 0. The van der Waals surface area contributed by atoms with Crippen LogP contribution in [0.1, 0.15) is 12.0 Å². The minimum absolute atomic E-state index is 0.0157. The molecule has 1 aliphatic heterocycles. The number of aliphatic imine (C=N–C) groups is 1. The quantitative estimate of drug-likeness (QED) is 0.578. The predicted octanol–water partition coefficient (Wildman–Crippen LogP) is 3.60. The van der Waals surface area contributed by atoms with E-state index >= 15 is 0 Å². The van der Waals surface area contributed by atoms with E-state index in [0.717, 1.165) is 5.56 Å². The molecule has 34 heavy (non-hydrogen) atoms. The molecule has 9 heteroatoms. The van der Waals surface area contributed by atoms with Crippen molar-refractivity contribution in [3.05, 3.63) is 66.4 Å². The Balaban J connectivity index is 1.58. The van der Waals surface area contributed by atoms with Crippen LogP contribution in [0.25, 0.3) is 0 Å². The monoisotopic (exact) mass is 460 g/mol. The summed E-state index contributed by atoms with van der Waals surface area (Å²) in [5.41, 5.74) is 2.35. The number of anilines is 2. The Bertz CT molecular complexity index is 1240. The van der Waals surface area contributed by atoms with Gasteiger partial charge in [-0.1, -0.05) is 0 Å². The van der Waals surface area contributed by atoms with Crippen molar-refractivity contribution < 1.29 is 23.8 Å². The second-order valence-electron chi connectivity index (χ2n) is 7.40. The van der Waals surface area contributed by atoms with Crippen LogP contribution in [0, 0.1) is 0 Å². The summed E-state index contributed by atoms with van der Waals surface area (Å²) in [6.45, 7) is -0.233. The molecule has 2 heterocycles. The number of ether oxygens (including phenoxy) is 3. The van der Waals surface area contributed by atoms with Gasteiger partial charge in [0, 0.05) is 12.3 Å². The number of methoxy groups -OCH3 is 3. The van der Waals surface area contributed by atoms with Crippen molar-refractivity contribution in [1.82, 2.24) is 4.98 Å². The van der Waals surface area contributed by atoms with E-state index in [0.29, 0.717) is 40.2 Å². The fourth-order valence-electron chi connectivity index (χ4n) is 3.57. The van der Waals surface area contributed by atoms with Gasteiger partial charge in [0.15, 0.2) is 5.82 Å². The molecule has 9 nitrogen and oxygen atoms in total. The maximum Gasteiger partial charge on any atom is 0.244 e. The molecule has 1 N–H and O–H groups in total. The maximum absolute atomic E-state index is 13.2. The molecule has 0 atom stereocenters. The van der Waals surface area contributed by atoms with Gasteiger partial charge in [0.05, 0.1) is 39.1 Å². The van der Waals surface area contributed by atoms with Crippen LogP contribution in [0.4, 0.5) is 17.2 Å². The smallest absolute Gasteiger partial charge is 0.244 e. The van der Waals surface area contributed by atoms with Gasteiger partial charge in [0.25, 0.3) is 0 Å². The first kappa shape index (κ1) is 22.8. The van der Waals surface area contributed by atoms with Crippen LogP contribution >= 0.6 is 0 Å². The van der Waals surface area contributed by atoms with E-state index in [1.807, 2.05) is 24.3 Å². The Kier molecular flexibility index (Phi) is 6.72. The molecular weight excluding hydrogens is 436 g/mol. The summed E-state index contributed by atoms with van der Waals surface area (Å²) in [7, 11) is 4.64. The summed E-state index contributed by atoms with van der Waals surface area (Å²) in [6, 6.07) is 15.9. The Morgan fingerprint density at radius 3 is 2.44 bits per heavy atom. The Labute approximate surface area is 197 Å². The molecule has 0 bridgehead atoms. The largest absolute Gasteiger partial charge is 0.497 e. The van der Waals surface area contributed by atoms with Crippen LogP contribution in [0.15, 0.2) is 65.8 Å². The number of nitrogens with zero attached hydrogens (tertiary/aromatic N) is 3. The van der Waals surface area contributed by atoms with Crippen LogP contribution < -0.4 is 24.4 Å². The van der Waals surface area contributed by atoms with Crippen molar-refractivity contribution in [3.63, 3.8) is 0 Å². The summed E-state index contributed by atoms with van der Waals surface area (Å²) in [4.78, 5) is 36.5. The van der Waals surface area contributed by atoms with Gasteiger partial charge >= 0.3 is 0 Å². The van der Waals surface area contributed by atoms with Crippen molar-refractivity contribution in [3.8, 4) is 17.2 Å². The molecule has 0 fully saturated rings. The van der Waals surface area contributed by atoms with Gasteiger partial charge in [0.1, 0.15) is 29.5 Å². The lowest BCUT2D eigenvalue weighted by atomic mass is 10.1. The number of amides is 2. The van der Waals surface area contributed by atoms with Crippen molar-refractivity contribution in [2.45, 2.75) is 6.42 Å². The molecule has 2 amide bonds. The number of carbonyl (C=O) groups is 2. The molecule has 2 aromatic carbocycles. The summed E-state index contributed by atoms with van der Waals surface area (Å²) in [5.74, 6) is 1.38. The zero-order chi connectivity index (χ0) is 24.1. The van der Waals surface area contributed by atoms with Gasteiger partial charge in [-0.25, -0.2) is 9.98 Å². The van der Waals surface area contributed by atoms with Gasteiger partial charge in [-0.05, 0) is 54.1 Å². The Hall–Kier alpha value is -4.40. The first-order valence-electron chi connectivity index (χ1n) is 10.5. The number of pyridine rings is 1. The number of hydrogen-bond acceptors (Lipinski definition) is 7. The fraction of sp³-hybridized carbons (Fsp3) is 0.200. The number of aromatic nitrogens is 1. The first-order chi connectivity index (χ1) is 16.5. The molecule has 0 spiro atoms. The molecule has 0 aliphatic carbocycles. The number of rotatable bonds is 7. The summed E-state index contributed by atoms with van der Waals surface area (Å²) in [5, 5.41) is 2.79. The second-order valence-corrected chi connectivity index (χ2v) is 7.40. The standard InChI is InChI=1S/C25H24N4O5/c1-32-17-8-6-16(7-9-17)21-14-24(31)29(25-20(27-21)5-4-12-26-25)15-23(30)28-19-11-10-18(33-2)13-22(19)34-3/h4-13H,14-15H2,1-3H3,(H,28,30). The van der Waals surface area contributed by atoms with Gasteiger partial charge in [-0.2, -0.15) is 0 Å². The van der Waals surface area contributed by atoms with Crippen molar-refractivity contribution in [1.29, 1.82) is 0 Å². The molecule has 0 unspecified atom stereocenters. The molecule has 0 saturated heterocycles. The van der Waals surface area contributed by atoms with E-state index in [-0.39, 0.29) is 18.9 Å². The van der Waals surface area contributed by atoms with Crippen LogP contribution in [-0.4, -0.2) is 50.4 Å². The van der Waals surface area contributed by atoms with E-state index in [1.165, 1.54) is 12.0 Å². The third-order valence-corrected chi connectivity index (χ3v) is 5.30. The van der Waals surface area contributed by atoms with Crippen LogP contribution in [0.2, 0.25) is 0 Å². The number of fused-ring (bicyclic) bond motifs is 1. The molecule has 3 aromatic rings. The minimum atomic E-state index is -0.402. The molecule has 1 aromatic heterocycles. The van der Waals surface area contributed by atoms with E-state index in [1.54, 1.807) is 50.7 Å². The average molecular weight is 460 g/mol. The van der Waals surface area contributed by atoms with Crippen LogP contribution in [-0.2, 0) is 9.59 Å². The highest BCUT2D eigenvalue weighted by Gasteiger charge is 2.28. The second kappa shape index (κ2) is 10.0. The van der Waals surface area contributed by atoms with E-state index in [2.05, 4.69) is 15.3 Å². The summed E-state index contributed by atoms with van der Waals surface area (Å²) in [6.07, 6.45) is 1.58. The Morgan fingerprint density at radius 1 is 1.00 bits per heavy atom. The maximum atomic E-state index is 13.2. The number of hydrogen-bond donors (Lipinski definition) is 1. The fourth-order valence-corrected chi connectivity index (χ4v) is 3.57. The van der Waals surface area contributed by atoms with Crippen molar-refractivity contribution >= 4 is 34.7 Å². The predicted molar refractivity (Wildman–Crippen MR) is 129 cm³/mol. The normalized spacial score (nSPS) is 12.9. The highest BCUT2D eigenvalue weighted by molar-refractivity contribution is 6.18. The lowest BCUT2D eigenvalue weighted by Gasteiger charge is -2.21. The van der Waals surface area contributed by atoms with Crippen molar-refractivity contribution in [2.75, 3.05) is 38.1 Å². The van der Waals surface area contributed by atoms with E-state index in [4.69, 9.17) is 14.2 Å². The lowest BCUT2D eigenvalue weighted by molar-refractivity contribution is -0.120. The highest BCUT2D eigenvalue weighted by atomic mass is 16.5. The molecule has 1 aliphatic rings. The first-order valence-corrected chi connectivity index (χ1v) is 10.5. The van der Waals surface area contributed by atoms with E-state index in [9.17, 15) is 9.59 Å². The molecule has 4 rings (SSSR count). The molecule has 0 radical (unpaired) electrons.